The molecule has 0 radical (unpaired) electrons. The van der Waals surface area contributed by atoms with Crippen molar-refractivity contribution in [3.05, 3.63) is 24.3 Å². The molecule has 2 saturated heterocycles. The van der Waals surface area contributed by atoms with Crippen LogP contribution in [0.2, 0.25) is 0 Å². The van der Waals surface area contributed by atoms with E-state index in [1.165, 1.54) is 26.8 Å². The summed E-state index contributed by atoms with van der Waals surface area (Å²) in [5, 5.41) is 7.84. The summed E-state index contributed by atoms with van der Waals surface area (Å²) in [5.41, 5.74) is 0.324. The lowest BCUT2D eigenvalue weighted by molar-refractivity contribution is -0.121. The maximum Gasteiger partial charge on any atom is 0.282 e. The molecule has 0 aromatic heterocycles. The van der Waals surface area contributed by atoms with E-state index < -0.39 is 26.3 Å². The summed E-state index contributed by atoms with van der Waals surface area (Å²) in [7, 11) is -7.47. The highest BCUT2D eigenvalue weighted by Crippen LogP contribution is 2.20. The summed E-state index contributed by atoms with van der Waals surface area (Å²) in [6.45, 7) is 7.45. The number of benzene rings is 1. The minimum absolute atomic E-state index is 0.0893. The monoisotopic (exact) mass is 489 g/mol. The normalized spacial score (nSPS) is 25.4. The molecule has 32 heavy (non-hydrogen) atoms. The Morgan fingerprint density at radius 1 is 1.06 bits per heavy atom. The van der Waals surface area contributed by atoms with Crippen LogP contribution in [0.1, 0.15) is 20.8 Å². The van der Waals surface area contributed by atoms with Crippen LogP contribution < -0.4 is 10.5 Å². The highest BCUT2D eigenvalue weighted by molar-refractivity contribution is 7.89. The number of carbonyl (C=O) groups is 1. The molecule has 180 valence electrons. The SMILES string of the molecule is CC1CN(S(=O)(=O)N2CCN(C(C)C(=O)Nc3cccc(S(N)(=O)=O)c3)CC2)CC(C)O1. The Balaban J connectivity index is 1.58. The molecule has 2 fully saturated rings. The molecule has 3 rings (SSSR count). The van der Waals surface area contributed by atoms with E-state index in [-0.39, 0.29) is 36.1 Å². The lowest BCUT2D eigenvalue weighted by atomic mass is 10.2. The lowest BCUT2D eigenvalue weighted by Gasteiger charge is -2.41. The van der Waals surface area contributed by atoms with E-state index in [9.17, 15) is 21.6 Å². The molecule has 1 aromatic rings. The number of amides is 1. The van der Waals surface area contributed by atoms with Crippen molar-refractivity contribution < 1.29 is 26.4 Å². The standard InChI is InChI=1S/C19H31N5O6S2/c1-14-12-24(13-15(2)30-14)32(28,29)23-9-7-22(8-10-23)16(3)19(25)21-17-5-4-6-18(11-17)31(20,26)27/h4-6,11,14-16H,7-10,12-13H2,1-3H3,(H,21,25)(H2,20,26,27). The molecule has 3 N–H and O–H groups in total. The average molecular weight is 490 g/mol. The number of hydrogen-bond acceptors (Lipinski definition) is 7. The third-order valence-corrected chi connectivity index (χ3v) is 8.55. The zero-order valence-electron chi connectivity index (χ0n) is 18.5. The van der Waals surface area contributed by atoms with Crippen LogP contribution in [0.15, 0.2) is 29.2 Å². The van der Waals surface area contributed by atoms with E-state index in [1.807, 2.05) is 18.7 Å². The molecule has 13 heteroatoms. The van der Waals surface area contributed by atoms with E-state index in [4.69, 9.17) is 9.88 Å². The first-order valence-electron chi connectivity index (χ1n) is 10.5. The Bertz CT molecular complexity index is 1030. The predicted octanol–water partition coefficient (Wildman–Crippen LogP) is -0.367. The second-order valence-corrected chi connectivity index (χ2v) is 11.7. The maximum absolute atomic E-state index is 13.0. The largest absolute Gasteiger partial charge is 0.373 e. The number of hydrogen-bond donors (Lipinski definition) is 2. The van der Waals surface area contributed by atoms with Gasteiger partial charge in [-0.2, -0.15) is 17.0 Å². The van der Waals surface area contributed by atoms with Crippen LogP contribution in [0.25, 0.3) is 0 Å². The molecular formula is C19H31N5O6S2. The number of ether oxygens (including phenoxy) is 1. The number of primary sulfonamides is 1. The third kappa shape index (κ3) is 5.84. The summed E-state index contributed by atoms with van der Waals surface area (Å²) >= 11 is 0. The molecule has 3 atom stereocenters. The van der Waals surface area contributed by atoms with Gasteiger partial charge < -0.3 is 10.1 Å². The Labute approximate surface area is 189 Å². The minimum Gasteiger partial charge on any atom is -0.373 e. The second-order valence-electron chi connectivity index (χ2n) is 8.26. The molecule has 2 aliphatic heterocycles. The summed E-state index contributed by atoms with van der Waals surface area (Å²) in [4.78, 5) is 14.5. The lowest BCUT2D eigenvalue weighted by Crippen LogP contribution is -2.58. The van der Waals surface area contributed by atoms with Gasteiger partial charge in [-0.15, -0.1) is 0 Å². The zero-order valence-corrected chi connectivity index (χ0v) is 20.1. The van der Waals surface area contributed by atoms with Gasteiger partial charge in [-0.3, -0.25) is 9.69 Å². The fourth-order valence-corrected chi connectivity index (χ4v) is 6.27. The van der Waals surface area contributed by atoms with E-state index >= 15 is 0 Å². The van der Waals surface area contributed by atoms with Crippen molar-refractivity contribution >= 4 is 31.8 Å². The van der Waals surface area contributed by atoms with Gasteiger partial charge in [0.15, 0.2) is 0 Å². The first-order chi connectivity index (χ1) is 14.9. The first-order valence-corrected chi connectivity index (χ1v) is 13.4. The van der Waals surface area contributed by atoms with E-state index in [2.05, 4.69) is 5.32 Å². The van der Waals surface area contributed by atoms with Crippen LogP contribution in [0.4, 0.5) is 5.69 Å². The van der Waals surface area contributed by atoms with Gasteiger partial charge in [-0.25, -0.2) is 13.6 Å². The van der Waals surface area contributed by atoms with Gasteiger partial charge in [0.1, 0.15) is 0 Å². The molecule has 0 spiro atoms. The summed E-state index contributed by atoms with van der Waals surface area (Å²) in [6, 6.07) is 5.20. The van der Waals surface area contributed by atoms with Crippen LogP contribution >= 0.6 is 0 Å². The molecule has 1 aromatic carbocycles. The molecule has 2 heterocycles. The number of nitrogens with two attached hydrogens (primary N) is 1. The van der Waals surface area contributed by atoms with E-state index in [0.29, 0.717) is 31.9 Å². The highest BCUT2D eigenvalue weighted by Gasteiger charge is 2.37. The Kier molecular flexibility index (Phi) is 7.59. The Hall–Kier alpha value is -1.61. The quantitative estimate of drug-likeness (QED) is 0.555. The van der Waals surface area contributed by atoms with Gasteiger partial charge in [0.2, 0.25) is 15.9 Å². The first kappa shape index (κ1) is 25.0. The highest BCUT2D eigenvalue weighted by atomic mass is 32.2. The second kappa shape index (κ2) is 9.71. The molecule has 0 aliphatic carbocycles. The van der Waals surface area contributed by atoms with Crippen LogP contribution in [0, 0.1) is 0 Å². The Morgan fingerprint density at radius 3 is 2.22 bits per heavy atom. The third-order valence-electron chi connectivity index (χ3n) is 5.67. The summed E-state index contributed by atoms with van der Waals surface area (Å²) < 4.78 is 57.6. The van der Waals surface area contributed by atoms with Crippen LogP contribution in [-0.2, 0) is 29.8 Å². The van der Waals surface area contributed by atoms with Crippen molar-refractivity contribution in [1.82, 2.24) is 13.5 Å². The molecule has 0 bridgehead atoms. The van der Waals surface area contributed by atoms with Gasteiger partial charge in [0, 0.05) is 45.0 Å². The molecule has 3 unspecified atom stereocenters. The number of nitrogens with one attached hydrogen (secondary N) is 1. The van der Waals surface area contributed by atoms with Crippen molar-refractivity contribution in [2.24, 2.45) is 5.14 Å². The maximum atomic E-state index is 13.0. The average Bonchev–Trinajstić information content (AvgIpc) is 2.72. The number of piperazine rings is 1. The fourth-order valence-electron chi connectivity index (χ4n) is 3.97. The van der Waals surface area contributed by atoms with Gasteiger partial charge in [-0.05, 0) is 39.0 Å². The molecule has 0 saturated carbocycles. The van der Waals surface area contributed by atoms with E-state index in [0.717, 1.165) is 0 Å². The van der Waals surface area contributed by atoms with Crippen molar-refractivity contribution in [2.75, 3.05) is 44.6 Å². The summed E-state index contributed by atoms with van der Waals surface area (Å²) in [5.74, 6) is -0.316. The van der Waals surface area contributed by atoms with Gasteiger partial charge >= 0.3 is 0 Å². The van der Waals surface area contributed by atoms with Crippen LogP contribution in [-0.4, -0.2) is 93.8 Å². The van der Waals surface area contributed by atoms with Gasteiger partial charge in [-0.1, -0.05) is 6.07 Å². The Morgan fingerprint density at radius 2 is 1.66 bits per heavy atom. The van der Waals surface area contributed by atoms with Gasteiger partial charge in [0.05, 0.1) is 23.1 Å². The van der Waals surface area contributed by atoms with Crippen molar-refractivity contribution in [1.29, 1.82) is 0 Å². The fraction of sp³-hybridized carbons (Fsp3) is 0.632. The molecule has 1 amide bonds. The minimum atomic E-state index is -3.87. The smallest absolute Gasteiger partial charge is 0.282 e. The number of anilines is 1. The molecule has 2 aliphatic rings. The van der Waals surface area contributed by atoms with Gasteiger partial charge in [0.25, 0.3) is 10.2 Å². The predicted molar refractivity (Wildman–Crippen MR) is 120 cm³/mol. The van der Waals surface area contributed by atoms with Crippen molar-refractivity contribution in [3.8, 4) is 0 Å². The molecule has 11 nitrogen and oxygen atoms in total. The number of rotatable bonds is 6. The van der Waals surface area contributed by atoms with Crippen molar-refractivity contribution in [3.63, 3.8) is 0 Å². The van der Waals surface area contributed by atoms with Crippen LogP contribution in [0.3, 0.4) is 0 Å². The number of morpholine rings is 1. The topological polar surface area (TPSA) is 142 Å². The molecular weight excluding hydrogens is 458 g/mol. The van der Waals surface area contributed by atoms with Crippen molar-refractivity contribution in [2.45, 2.75) is 43.9 Å². The number of sulfonamides is 1. The van der Waals surface area contributed by atoms with E-state index in [1.54, 1.807) is 13.0 Å². The number of carbonyl (C=O) groups excluding carboxylic acids is 1. The van der Waals surface area contributed by atoms with Crippen LogP contribution in [0.5, 0.6) is 0 Å². The number of nitrogens with zero attached hydrogens (tertiary/aromatic N) is 3. The zero-order chi connectivity index (χ0) is 23.7. The summed E-state index contributed by atoms with van der Waals surface area (Å²) in [6.07, 6.45) is -0.322.